The molecule has 0 atom stereocenters. The Hall–Kier alpha value is -0.790. The Morgan fingerprint density at radius 2 is 2.11 bits per heavy atom. The number of carbonyl (C=O) groups is 1. The molecule has 0 saturated heterocycles. The zero-order valence-corrected chi connectivity index (χ0v) is 6.10. The maximum absolute atomic E-state index is 10.5. The normalized spacial score (nSPS) is 11.2. The van der Waals surface area contributed by atoms with Crippen LogP contribution in [0.5, 0.6) is 0 Å². The summed E-state index contributed by atoms with van der Waals surface area (Å²) >= 11 is 0. The van der Waals surface area contributed by atoms with E-state index in [1.165, 1.54) is 13.2 Å². The molecular formula is C7H12O2. The summed E-state index contributed by atoms with van der Waals surface area (Å²) in [6.07, 6.45) is 1.49. The minimum absolute atomic E-state index is 0.0588. The van der Waals surface area contributed by atoms with Crippen molar-refractivity contribution in [1.82, 2.24) is 0 Å². The fraction of sp³-hybridized carbons (Fsp3) is 0.571. The van der Waals surface area contributed by atoms with Crippen molar-refractivity contribution in [2.45, 2.75) is 20.8 Å². The van der Waals surface area contributed by atoms with Gasteiger partial charge in [-0.2, -0.15) is 0 Å². The van der Waals surface area contributed by atoms with Gasteiger partial charge >= 0.3 is 0 Å². The lowest BCUT2D eigenvalue weighted by atomic mass is 10.2. The number of allylic oxidation sites excluding steroid dienone is 1. The number of ether oxygens (including phenoxy) is 1. The van der Waals surface area contributed by atoms with Crippen LogP contribution in [0.4, 0.5) is 0 Å². The van der Waals surface area contributed by atoms with E-state index in [9.17, 15) is 4.79 Å². The van der Waals surface area contributed by atoms with Crippen LogP contribution in [0.2, 0.25) is 0 Å². The van der Waals surface area contributed by atoms with Gasteiger partial charge in [-0.15, -0.1) is 0 Å². The summed E-state index contributed by atoms with van der Waals surface area (Å²) in [7, 11) is 0. The van der Waals surface area contributed by atoms with Crippen LogP contribution in [0.3, 0.4) is 0 Å². The molecule has 0 N–H and O–H groups in total. The summed E-state index contributed by atoms with van der Waals surface area (Å²) in [5, 5.41) is 0. The van der Waals surface area contributed by atoms with Crippen molar-refractivity contribution in [3.8, 4) is 0 Å². The maximum atomic E-state index is 10.5. The van der Waals surface area contributed by atoms with E-state index in [4.69, 9.17) is 4.74 Å². The molecule has 0 spiro atoms. The van der Waals surface area contributed by atoms with Crippen LogP contribution < -0.4 is 0 Å². The zero-order valence-electron chi connectivity index (χ0n) is 6.10. The number of rotatable bonds is 3. The predicted molar refractivity (Wildman–Crippen MR) is 36.1 cm³/mol. The smallest absolute Gasteiger partial charge is 0.158 e. The van der Waals surface area contributed by atoms with Crippen molar-refractivity contribution >= 4 is 5.78 Å². The molecule has 0 rings (SSSR count). The molecule has 52 valence electrons. The number of hydrogen-bond acceptors (Lipinski definition) is 2. The van der Waals surface area contributed by atoms with Crippen molar-refractivity contribution in [2.75, 3.05) is 6.61 Å². The summed E-state index contributed by atoms with van der Waals surface area (Å²) in [5.74, 6) is 0.0588. The molecule has 0 aliphatic carbocycles. The molecule has 0 aliphatic rings. The molecule has 0 aliphatic heterocycles. The topological polar surface area (TPSA) is 26.3 Å². The zero-order chi connectivity index (χ0) is 7.28. The highest BCUT2D eigenvalue weighted by molar-refractivity contribution is 5.92. The second kappa shape index (κ2) is 4.13. The van der Waals surface area contributed by atoms with Crippen LogP contribution in [0.25, 0.3) is 0 Å². The van der Waals surface area contributed by atoms with Crippen molar-refractivity contribution in [1.29, 1.82) is 0 Å². The molecule has 0 bridgehead atoms. The van der Waals surface area contributed by atoms with Gasteiger partial charge in [0.15, 0.2) is 5.78 Å². The van der Waals surface area contributed by atoms with Crippen LogP contribution >= 0.6 is 0 Å². The molecule has 0 saturated carbocycles. The van der Waals surface area contributed by atoms with E-state index < -0.39 is 0 Å². The second-order valence-electron chi connectivity index (χ2n) is 1.81. The summed E-state index contributed by atoms with van der Waals surface area (Å²) in [6, 6.07) is 0. The van der Waals surface area contributed by atoms with Crippen LogP contribution in [-0.2, 0) is 9.53 Å². The maximum Gasteiger partial charge on any atom is 0.158 e. The van der Waals surface area contributed by atoms with E-state index in [1.807, 2.05) is 6.92 Å². The molecule has 0 fully saturated rings. The van der Waals surface area contributed by atoms with Gasteiger partial charge in [0.25, 0.3) is 0 Å². The van der Waals surface area contributed by atoms with E-state index in [1.54, 1.807) is 6.92 Å². The fourth-order valence-corrected chi connectivity index (χ4v) is 0.291. The lowest BCUT2D eigenvalue weighted by molar-refractivity contribution is -0.113. The third kappa shape index (κ3) is 3.76. The number of hydrogen-bond donors (Lipinski definition) is 0. The van der Waals surface area contributed by atoms with Gasteiger partial charge in [0.1, 0.15) is 0 Å². The number of carbonyl (C=O) groups excluding carboxylic acids is 1. The molecule has 0 radical (unpaired) electrons. The Morgan fingerprint density at radius 3 is 2.44 bits per heavy atom. The minimum Gasteiger partial charge on any atom is -0.501 e. The highest BCUT2D eigenvalue weighted by atomic mass is 16.5. The molecule has 2 nitrogen and oxygen atoms in total. The lowest BCUT2D eigenvalue weighted by Crippen LogP contribution is -1.92. The number of Topliss-reactive ketones (excluding diaryl/α,β-unsaturated/α-hetero) is 1. The molecular weight excluding hydrogens is 116 g/mol. The molecule has 0 heterocycles. The van der Waals surface area contributed by atoms with Gasteiger partial charge in [0.2, 0.25) is 0 Å². The largest absolute Gasteiger partial charge is 0.501 e. The number of ketones is 1. The Morgan fingerprint density at radius 1 is 1.56 bits per heavy atom. The van der Waals surface area contributed by atoms with Crippen LogP contribution in [-0.4, -0.2) is 12.4 Å². The predicted octanol–water partition coefficient (Wildman–Crippen LogP) is 1.52. The molecule has 2 heteroatoms. The first-order valence-electron chi connectivity index (χ1n) is 2.97. The first kappa shape index (κ1) is 8.21. The van der Waals surface area contributed by atoms with Crippen molar-refractivity contribution in [3.63, 3.8) is 0 Å². The third-order valence-electron chi connectivity index (χ3n) is 0.982. The van der Waals surface area contributed by atoms with E-state index >= 15 is 0 Å². The van der Waals surface area contributed by atoms with Gasteiger partial charge in [-0.3, -0.25) is 4.79 Å². The van der Waals surface area contributed by atoms with E-state index in [0.29, 0.717) is 12.2 Å². The Labute approximate surface area is 55.5 Å². The summed E-state index contributed by atoms with van der Waals surface area (Å²) in [5.41, 5.74) is 0.664. The van der Waals surface area contributed by atoms with Crippen molar-refractivity contribution in [3.05, 3.63) is 11.8 Å². The van der Waals surface area contributed by atoms with Gasteiger partial charge in [0, 0.05) is 5.57 Å². The summed E-state index contributed by atoms with van der Waals surface area (Å²) in [6.45, 7) is 5.75. The Kier molecular flexibility index (Phi) is 3.76. The van der Waals surface area contributed by atoms with E-state index in [0.717, 1.165) is 0 Å². The highest BCUT2D eigenvalue weighted by Gasteiger charge is 1.93. The monoisotopic (exact) mass is 128 g/mol. The van der Waals surface area contributed by atoms with Crippen molar-refractivity contribution < 1.29 is 9.53 Å². The van der Waals surface area contributed by atoms with Crippen LogP contribution in [0.15, 0.2) is 11.8 Å². The van der Waals surface area contributed by atoms with Gasteiger partial charge in [-0.1, -0.05) is 0 Å². The van der Waals surface area contributed by atoms with Crippen LogP contribution in [0, 0.1) is 0 Å². The molecule has 0 aromatic heterocycles. The highest BCUT2D eigenvalue weighted by Crippen LogP contribution is 1.93. The van der Waals surface area contributed by atoms with Gasteiger partial charge in [-0.05, 0) is 20.8 Å². The average Bonchev–Trinajstić information content (AvgIpc) is 1.82. The molecule has 0 aromatic rings. The third-order valence-corrected chi connectivity index (χ3v) is 0.982. The molecule has 0 unspecified atom stereocenters. The molecule has 9 heavy (non-hydrogen) atoms. The van der Waals surface area contributed by atoms with E-state index in [-0.39, 0.29) is 5.78 Å². The van der Waals surface area contributed by atoms with E-state index in [2.05, 4.69) is 0 Å². The minimum atomic E-state index is 0.0588. The molecule has 0 amide bonds. The van der Waals surface area contributed by atoms with Gasteiger partial charge < -0.3 is 4.74 Å². The second-order valence-corrected chi connectivity index (χ2v) is 1.81. The lowest BCUT2D eigenvalue weighted by Gasteiger charge is -1.94. The summed E-state index contributed by atoms with van der Waals surface area (Å²) in [4.78, 5) is 10.5. The Bertz CT molecular complexity index is 125. The molecule has 0 aromatic carbocycles. The first-order chi connectivity index (χ1) is 4.18. The van der Waals surface area contributed by atoms with Gasteiger partial charge in [-0.25, -0.2) is 0 Å². The Balaban J connectivity index is 3.69. The average molecular weight is 128 g/mol. The van der Waals surface area contributed by atoms with Gasteiger partial charge in [0.05, 0.1) is 12.9 Å². The standard InChI is InChI=1S/C7H12O2/c1-4-9-5-6(2)7(3)8/h5H,4H2,1-3H3/b6-5+. The fourth-order valence-electron chi connectivity index (χ4n) is 0.291. The van der Waals surface area contributed by atoms with Crippen molar-refractivity contribution in [2.24, 2.45) is 0 Å². The quantitative estimate of drug-likeness (QED) is 0.425. The first-order valence-corrected chi connectivity index (χ1v) is 2.97. The van der Waals surface area contributed by atoms with Crippen LogP contribution in [0.1, 0.15) is 20.8 Å². The SMILES string of the molecule is CCO/C=C(\C)C(C)=O. The summed E-state index contributed by atoms with van der Waals surface area (Å²) < 4.78 is 4.87.